The SMILES string of the molecule is C.C.CC(C)(C)c1ccc(O)c(-n2nc3ccccc3n2)c1.CC(C)(C)c1ccc(OC(C(=O)O)c2ccc(C(F)(F)F)cc2)c(-n2nc3ccccc3n2)c1.COC(=O)C(Br)c1ccc(C(F)(F)F)cc1. The topological polar surface area (TPSA) is 154 Å². The lowest BCUT2D eigenvalue weighted by Gasteiger charge is -2.22. The molecule has 0 aliphatic rings. The van der Waals surface area contributed by atoms with Crippen molar-refractivity contribution in [1.82, 2.24) is 30.0 Å². The number of carboxylic acid groups (broad SMARTS) is 1. The predicted molar refractivity (Wildman–Crippen MR) is 268 cm³/mol. The molecule has 2 N–H and O–H groups in total. The molecule has 8 rings (SSSR count). The number of ether oxygens (including phenoxy) is 2. The first kappa shape index (κ1) is 57.3. The molecule has 0 radical (unpaired) electrons. The zero-order chi connectivity index (χ0) is 51.3. The Balaban J connectivity index is 0.000000252. The fraction of sp³-hybridized carbons (Fsp3) is 0.283. The number of alkyl halides is 7. The minimum absolute atomic E-state index is 0. The number of esters is 1. The van der Waals surface area contributed by atoms with Crippen LogP contribution >= 0.6 is 15.9 Å². The van der Waals surface area contributed by atoms with Crippen LogP contribution in [0.15, 0.2) is 133 Å². The van der Waals surface area contributed by atoms with E-state index in [0.717, 1.165) is 58.6 Å². The zero-order valence-corrected chi connectivity index (χ0v) is 40.3. The van der Waals surface area contributed by atoms with Crippen LogP contribution in [0.1, 0.15) is 101 Å². The summed E-state index contributed by atoms with van der Waals surface area (Å²) in [6.07, 6.45) is -10.4. The second kappa shape index (κ2) is 22.9. The van der Waals surface area contributed by atoms with Crippen molar-refractivity contribution in [3.05, 3.63) is 167 Å². The molecule has 0 amide bonds. The van der Waals surface area contributed by atoms with Gasteiger partial charge < -0.3 is 19.7 Å². The smallest absolute Gasteiger partial charge is 0.416 e. The Morgan fingerprint density at radius 3 is 1.29 bits per heavy atom. The largest absolute Gasteiger partial charge is 0.506 e. The molecule has 0 fully saturated rings. The molecule has 2 aromatic heterocycles. The molecule has 8 aromatic rings. The number of carboxylic acids is 1. The number of phenolic OH excluding ortho intramolecular Hbond substituents is 1. The molecule has 0 bridgehead atoms. The molecule has 0 aliphatic carbocycles. The van der Waals surface area contributed by atoms with Gasteiger partial charge in [-0.15, -0.1) is 30.0 Å². The van der Waals surface area contributed by atoms with Crippen molar-refractivity contribution in [3.63, 3.8) is 0 Å². The number of benzene rings is 6. The van der Waals surface area contributed by atoms with Gasteiger partial charge in [0.2, 0.25) is 6.10 Å². The van der Waals surface area contributed by atoms with E-state index in [4.69, 9.17) is 4.74 Å². The van der Waals surface area contributed by atoms with Crippen molar-refractivity contribution >= 4 is 49.9 Å². The standard InChI is InChI=1S/C25H22F3N3O3.C16H17N3O.C10H8BrF3O2.2CH4/c1-24(2,3)17-12-13-21(20(14-17)31-29-18-6-4-5-7-19(18)30-31)34-22(23(32)33)15-8-10-16(11-9-15)25(26,27)28;1-16(2,3)11-8-9-15(20)14(10-11)19-17-12-6-4-5-7-13(12)18-19;1-16-9(15)8(11)6-2-4-7(5-3-6)10(12,13)14;;/h4-14,22H,1-3H3,(H,32,33);4-10,20H,1-3H3;2-5,8H,1H3;2*1H4. The Hall–Kier alpha value is -7.28. The van der Waals surface area contributed by atoms with E-state index in [1.807, 2.05) is 81.4 Å². The number of phenols is 1. The molecule has 382 valence electrons. The highest BCUT2D eigenvalue weighted by atomic mass is 79.9. The molecule has 2 atom stereocenters. The molecular formula is C53H55BrF6N6O6. The Kier molecular flexibility index (Phi) is 18.2. The number of methoxy groups -OCH3 is 1. The van der Waals surface area contributed by atoms with Gasteiger partial charge in [-0.2, -0.15) is 26.3 Å². The van der Waals surface area contributed by atoms with Crippen LogP contribution in [0.5, 0.6) is 11.5 Å². The molecule has 72 heavy (non-hydrogen) atoms. The summed E-state index contributed by atoms with van der Waals surface area (Å²) in [5, 5.41) is 37.7. The van der Waals surface area contributed by atoms with Crippen molar-refractivity contribution in [2.75, 3.05) is 7.11 Å². The molecular weight excluding hydrogens is 1010 g/mol. The van der Waals surface area contributed by atoms with Gasteiger partial charge in [0.15, 0.2) is 0 Å². The van der Waals surface area contributed by atoms with Crippen LogP contribution in [-0.2, 0) is 37.5 Å². The first-order chi connectivity index (χ1) is 32.7. The average Bonchev–Trinajstić information content (AvgIpc) is 3.95. The van der Waals surface area contributed by atoms with Crippen LogP contribution in [0.25, 0.3) is 33.4 Å². The minimum atomic E-state index is -4.53. The predicted octanol–water partition coefficient (Wildman–Crippen LogP) is 14.0. The molecule has 12 nitrogen and oxygen atoms in total. The van der Waals surface area contributed by atoms with Crippen LogP contribution in [-0.4, -0.2) is 59.2 Å². The third-order valence-corrected chi connectivity index (χ3v) is 11.5. The van der Waals surface area contributed by atoms with E-state index in [9.17, 15) is 46.1 Å². The lowest BCUT2D eigenvalue weighted by Crippen LogP contribution is -2.20. The summed E-state index contributed by atoms with van der Waals surface area (Å²) < 4.78 is 85.8. The molecule has 2 unspecified atom stereocenters. The lowest BCUT2D eigenvalue weighted by molar-refractivity contribution is -0.145. The van der Waals surface area contributed by atoms with Crippen molar-refractivity contribution in [1.29, 1.82) is 0 Å². The first-order valence-electron chi connectivity index (χ1n) is 21.3. The molecule has 0 aliphatic heterocycles. The summed E-state index contributed by atoms with van der Waals surface area (Å²) in [6.45, 7) is 12.5. The summed E-state index contributed by atoms with van der Waals surface area (Å²) in [5.74, 6) is -1.54. The van der Waals surface area contributed by atoms with Gasteiger partial charge in [-0.1, -0.05) is 133 Å². The number of halogens is 7. The van der Waals surface area contributed by atoms with Crippen LogP contribution in [0.3, 0.4) is 0 Å². The number of fused-ring (bicyclic) bond motifs is 2. The fourth-order valence-corrected chi connectivity index (χ4v) is 7.13. The monoisotopic (exact) mass is 1060 g/mol. The number of hydrogen-bond donors (Lipinski definition) is 2. The minimum Gasteiger partial charge on any atom is -0.506 e. The second-order valence-corrected chi connectivity index (χ2v) is 18.7. The van der Waals surface area contributed by atoms with Crippen LogP contribution in [0, 0.1) is 0 Å². The Bertz CT molecular complexity index is 3040. The maximum absolute atomic E-state index is 12.9. The van der Waals surface area contributed by atoms with Crippen molar-refractivity contribution in [3.8, 4) is 22.9 Å². The molecule has 2 heterocycles. The van der Waals surface area contributed by atoms with E-state index in [0.29, 0.717) is 28.0 Å². The van der Waals surface area contributed by atoms with E-state index in [1.54, 1.807) is 24.3 Å². The number of aromatic hydroxyl groups is 1. The number of carbonyl (C=O) groups excluding carboxylic acids is 1. The van der Waals surface area contributed by atoms with E-state index >= 15 is 0 Å². The second-order valence-electron chi connectivity index (χ2n) is 17.8. The molecule has 19 heteroatoms. The summed E-state index contributed by atoms with van der Waals surface area (Å²) >= 11 is 3.03. The Morgan fingerprint density at radius 1 is 0.556 bits per heavy atom. The number of aliphatic carboxylic acids is 1. The zero-order valence-electron chi connectivity index (χ0n) is 38.7. The van der Waals surface area contributed by atoms with Gasteiger partial charge in [-0.05, 0) is 100 Å². The van der Waals surface area contributed by atoms with Crippen LogP contribution in [0.2, 0.25) is 0 Å². The van der Waals surface area contributed by atoms with Gasteiger partial charge >= 0.3 is 24.3 Å². The van der Waals surface area contributed by atoms with Crippen molar-refractivity contribution in [2.45, 2.75) is 90.5 Å². The number of aromatic nitrogens is 6. The van der Waals surface area contributed by atoms with Crippen molar-refractivity contribution in [2.24, 2.45) is 0 Å². The average molecular weight is 1070 g/mol. The highest BCUT2D eigenvalue weighted by Gasteiger charge is 2.33. The van der Waals surface area contributed by atoms with E-state index in [2.05, 4.69) is 61.8 Å². The number of carbonyl (C=O) groups is 2. The van der Waals surface area contributed by atoms with Crippen molar-refractivity contribution < 1.29 is 55.6 Å². The van der Waals surface area contributed by atoms with E-state index in [1.165, 1.54) is 28.8 Å². The number of hydrogen-bond acceptors (Lipinski definition) is 9. The van der Waals surface area contributed by atoms with Gasteiger partial charge in [0, 0.05) is 5.56 Å². The van der Waals surface area contributed by atoms with Gasteiger partial charge in [-0.25, -0.2) is 4.79 Å². The van der Waals surface area contributed by atoms with Gasteiger partial charge in [0.25, 0.3) is 0 Å². The third kappa shape index (κ3) is 14.0. The summed E-state index contributed by atoms with van der Waals surface area (Å²) in [6, 6.07) is 33.9. The summed E-state index contributed by atoms with van der Waals surface area (Å²) in [7, 11) is 1.21. The lowest BCUT2D eigenvalue weighted by atomic mass is 9.87. The highest BCUT2D eigenvalue weighted by molar-refractivity contribution is 9.09. The third-order valence-electron chi connectivity index (χ3n) is 10.6. The normalized spacial score (nSPS) is 12.5. The van der Waals surface area contributed by atoms with Gasteiger partial charge in [0.05, 0.1) is 18.2 Å². The van der Waals surface area contributed by atoms with E-state index < -0.39 is 46.3 Å². The maximum atomic E-state index is 12.9. The first-order valence-corrected chi connectivity index (χ1v) is 22.2. The summed E-state index contributed by atoms with van der Waals surface area (Å²) in [4.78, 5) is 25.2. The van der Waals surface area contributed by atoms with Gasteiger partial charge in [-0.3, -0.25) is 4.79 Å². The van der Waals surface area contributed by atoms with Crippen LogP contribution in [0.4, 0.5) is 26.3 Å². The fourth-order valence-electron chi connectivity index (χ4n) is 6.64. The van der Waals surface area contributed by atoms with Gasteiger partial charge in [0.1, 0.15) is 49.8 Å². The van der Waals surface area contributed by atoms with E-state index in [-0.39, 0.29) is 42.7 Å². The Labute approximate surface area is 421 Å². The maximum Gasteiger partial charge on any atom is 0.416 e. The quantitative estimate of drug-likeness (QED) is 0.0854. The number of rotatable bonds is 8. The molecule has 0 saturated carbocycles. The molecule has 0 saturated heterocycles. The Morgan fingerprint density at radius 2 is 0.917 bits per heavy atom. The molecule has 0 spiro atoms. The van der Waals surface area contributed by atoms with Crippen LogP contribution < -0.4 is 4.74 Å². The highest BCUT2D eigenvalue weighted by Crippen LogP contribution is 2.36. The molecule has 6 aromatic carbocycles. The number of nitrogens with zero attached hydrogens (tertiary/aromatic N) is 6. The summed E-state index contributed by atoms with van der Waals surface area (Å²) in [5.41, 5.74) is 4.67.